The molecule has 12 heteroatoms. The van der Waals surface area contributed by atoms with Crippen LogP contribution in [-0.4, -0.2) is 54.8 Å². The molecule has 3 aromatic rings. The van der Waals surface area contributed by atoms with Gasteiger partial charge < -0.3 is 26.5 Å². The number of pyridine rings is 1. The lowest BCUT2D eigenvalue weighted by Gasteiger charge is -2.28. The first kappa shape index (κ1) is 27.0. The van der Waals surface area contributed by atoms with Gasteiger partial charge in [0, 0.05) is 61.9 Å². The highest BCUT2D eigenvalue weighted by atomic mass is 19.4. The molecular formula is C26H26F4N6O2. The predicted molar refractivity (Wildman–Crippen MR) is 136 cm³/mol. The molecule has 1 aliphatic rings. The molecule has 0 saturated carbocycles. The van der Waals surface area contributed by atoms with Gasteiger partial charge in [-0.15, -0.1) is 0 Å². The third kappa shape index (κ3) is 6.64. The van der Waals surface area contributed by atoms with E-state index in [4.69, 9.17) is 15.9 Å². The smallest absolute Gasteiger partial charge is 0.416 e. The summed E-state index contributed by atoms with van der Waals surface area (Å²) in [6, 6.07) is 9.30. The van der Waals surface area contributed by atoms with Crippen molar-refractivity contribution >= 4 is 23.6 Å². The number of benzene rings is 2. The van der Waals surface area contributed by atoms with Crippen LogP contribution >= 0.6 is 0 Å². The molecule has 0 atom stereocenters. The monoisotopic (exact) mass is 530 g/mol. The Kier molecular flexibility index (Phi) is 8.23. The average molecular weight is 531 g/mol. The van der Waals surface area contributed by atoms with Gasteiger partial charge in [-0.25, -0.2) is 9.37 Å². The first-order valence-corrected chi connectivity index (χ1v) is 11.8. The molecule has 0 bridgehead atoms. The molecule has 2 heterocycles. The minimum absolute atomic E-state index is 0.0383. The number of piperazine rings is 1. The van der Waals surface area contributed by atoms with Crippen molar-refractivity contribution in [2.75, 3.05) is 43.8 Å². The van der Waals surface area contributed by atoms with Gasteiger partial charge in [-0.1, -0.05) is 12.1 Å². The van der Waals surface area contributed by atoms with Gasteiger partial charge in [0.15, 0.2) is 18.2 Å². The molecule has 8 nitrogen and oxygen atoms in total. The Morgan fingerprint density at radius 3 is 2.61 bits per heavy atom. The summed E-state index contributed by atoms with van der Waals surface area (Å²) in [5.41, 5.74) is 6.31. The SMILES string of the molecule is N=Cc1cc(-c2ccc(OCC(=O)Nc3ccc(CN4CCNCC4)c(C(F)(F)F)c3)c(F)c2)cnc1N. The number of carbonyl (C=O) groups excluding carboxylic acids is 1. The third-order valence-electron chi connectivity index (χ3n) is 6.03. The van der Waals surface area contributed by atoms with E-state index in [0.29, 0.717) is 42.9 Å². The second-order valence-corrected chi connectivity index (χ2v) is 8.72. The van der Waals surface area contributed by atoms with Crippen LogP contribution in [0.4, 0.5) is 29.1 Å². The van der Waals surface area contributed by atoms with Crippen molar-refractivity contribution in [3.05, 3.63) is 71.2 Å². The number of halogens is 4. The van der Waals surface area contributed by atoms with Crippen LogP contribution in [0.3, 0.4) is 0 Å². The molecule has 1 aromatic heterocycles. The van der Waals surface area contributed by atoms with Crippen LogP contribution in [0.5, 0.6) is 5.75 Å². The van der Waals surface area contributed by atoms with Gasteiger partial charge in [-0.3, -0.25) is 9.69 Å². The number of ether oxygens (including phenoxy) is 1. The molecule has 4 rings (SSSR count). The lowest BCUT2D eigenvalue weighted by Crippen LogP contribution is -2.43. The lowest BCUT2D eigenvalue weighted by molar-refractivity contribution is -0.138. The van der Waals surface area contributed by atoms with Gasteiger partial charge >= 0.3 is 6.18 Å². The quantitative estimate of drug-likeness (QED) is 0.259. The molecule has 1 amide bonds. The number of anilines is 2. The van der Waals surface area contributed by atoms with Crippen LogP contribution < -0.4 is 21.1 Å². The Bertz CT molecular complexity index is 1330. The zero-order valence-corrected chi connectivity index (χ0v) is 20.2. The Morgan fingerprint density at radius 2 is 1.92 bits per heavy atom. The van der Waals surface area contributed by atoms with E-state index in [1.54, 1.807) is 12.1 Å². The molecule has 0 radical (unpaired) electrons. The van der Waals surface area contributed by atoms with Crippen LogP contribution in [0.1, 0.15) is 16.7 Å². The molecule has 0 unspecified atom stereocenters. The molecule has 0 aliphatic carbocycles. The second kappa shape index (κ2) is 11.6. The number of hydrogen-bond donors (Lipinski definition) is 4. The average Bonchev–Trinajstić information content (AvgIpc) is 2.89. The van der Waals surface area contributed by atoms with Crippen LogP contribution in [0.25, 0.3) is 11.1 Å². The summed E-state index contributed by atoms with van der Waals surface area (Å²) >= 11 is 0. The number of alkyl halides is 3. The fourth-order valence-electron chi connectivity index (χ4n) is 4.07. The van der Waals surface area contributed by atoms with E-state index >= 15 is 0 Å². The summed E-state index contributed by atoms with van der Waals surface area (Å²) in [4.78, 5) is 18.3. The van der Waals surface area contributed by atoms with Crippen LogP contribution in [0.15, 0.2) is 48.7 Å². The molecule has 1 fully saturated rings. The van der Waals surface area contributed by atoms with Crippen molar-refractivity contribution in [2.45, 2.75) is 12.7 Å². The van der Waals surface area contributed by atoms with E-state index in [1.165, 1.54) is 30.5 Å². The van der Waals surface area contributed by atoms with Gasteiger partial charge in [0.25, 0.3) is 5.91 Å². The second-order valence-electron chi connectivity index (χ2n) is 8.72. The lowest BCUT2D eigenvalue weighted by atomic mass is 10.0. The number of nitrogen functional groups attached to an aromatic ring is 1. The summed E-state index contributed by atoms with van der Waals surface area (Å²) in [5, 5.41) is 12.9. The molecule has 1 aliphatic heterocycles. The van der Waals surface area contributed by atoms with E-state index in [0.717, 1.165) is 12.3 Å². The number of nitrogens with one attached hydrogen (secondary N) is 3. The van der Waals surface area contributed by atoms with E-state index in [1.807, 2.05) is 4.90 Å². The van der Waals surface area contributed by atoms with Crippen LogP contribution in [0.2, 0.25) is 0 Å². The predicted octanol–water partition coefficient (Wildman–Crippen LogP) is 3.91. The van der Waals surface area contributed by atoms with Crippen molar-refractivity contribution in [1.29, 1.82) is 5.41 Å². The maximum Gasteiger partial charge on any atom is 0.416 e. The molecule has 5 N–H and O–H groups in total. The highest BCUT2D eigenvalue weighted by Crippen LogP contribution is 2.34. The molecular weight excluding hydrogens is 504 g/mol. The van der Waals surface area contributed by atoms with Gasteiger partial charge in [-0.05, 0) is 41.5 Å². The Labute approximate surface area is 216 Å². The van der Waals surface area contributed by atoms with Crippen molar-refractivity contribution in [3.63, 3.8) is 0 Å². The highest BCUT2D eigenvalue weighted by Gasteiger charge is 2.34. The van der Waals surface area contributed by atoms with Gasteiger partial charge in [-0.2, -0.15) is 13.2 Å². The van der Waals surface area contributed by atoms with E-state index in [2.05, 4.69) is 15.6 Å². The zero-order valence-electron chi connectivity index (χ0n) is 20.2. The van der Waals surface area contributed by atoms with Crippen molar-refractivity contribution in [1.82, 2.24) is 15.2 Å². The summed E-state index contributed by atoms with van der Waals surface area (Å²) < 4.78 is 61.0. The van der Waals surface area contributed by atoms with Crippen molar-refractivity contribution in [3.8, 4) is 16.9 Å². The topological polar surface area (TPSA) is 116 Å². The zero-order chi connectivity index (χ0) is 27.3. The number of aromatic nitrogens is 1. The van der Waals surface area contributed by atoms with E-state index < -0.39 is 30.1 Å². The third-order valence-corrected chi connectivity index (χ3v) is 6.03. The summed E-state index contributed by atoms with van der Waals surface area (Å²) in [7, 11) is 0. The van der Waals surface area contributed by atoms with Crippen molar-refractivity contribution < 1.29 is 27.1 Å². The first-order valence-electron chi connectivity index (χ1n) is 11.8. The number of amides is 1. The normalized spacial score (nSPS) is 14.2. The maximum atomic E-state index is 14.6. The standard InChI is InChI=1S/C26H26F4N6O2/c27-22-10-16(19-9-18(12-31)25(32)34-13-19)2-4-23(22)38-15-24(37)35-20-3-1-17(21(11-20)26(28,29)30)14-36-7-5-33-6-8-36/h1-4,9-13,31,33H,5-8,14-15H2,(H2,32,34)(H,35,37). The Morgan fingerprint density at radius 1 is 1.16 bits per heavy atom. The summed E-state index contributed by atoms with van der Waals surface area (Å²) in [6.45, 7) is 2.25. The largest absolute Gasteiger partial charge is 0.481 e. The van der Waals surface area contributed by atoms with Crippen LogP contribution in [0, 0.1) is 11.2 Å². The highest BCUT2D eigenvalue weighted by molar-refractivity contribution is 5.92. The molecule has 1 saturated heterocycles. The fraction of sp³-hybridized carbons (Fsp3) is 0.269. The number of rotatable bonds is 8. The molecule has 200 valence electrons. The van der Waals surface area contributed by atoms with E-state index in [-0.39, 0.29) is 29.4 Å². The number of nitrogens with zero attached hydrogens (tertiary/aromatic N) is 2. The van der Waals surface area contributed by atoms with Crippen LogP contribution in [-0.2, 0) is 17.5 Å². The fourth-order valence-corrected chi connectivity index (χ4v) is 4.07. The summed E-state index contributed by atoms with van der Waals surface area (Å²) in [6.07, 6.45) is -2.11. The van der Waals surface area contributed by atoms with E-state index in [9.17, 15) is 22.4 Å². The van der Waals surface area contributed by atoms with Gasteiger partial charge in [0.05, 0.1) is 5.56 Å². The molecule has 0 spiro atoms. The van der Waals surface area contributed by atoms with Crippen molar-refractivity contribution in [2.24, 2.45) is 0 Å². The number of hydrogen-bond acceptors (Lipinski definition) is 7. The minimum Gasteiger partial charge on any atom is -0.481 e. The van der Waals surface area contributed by atoms with Gasteiger partial charge in [0.2, 0.25) is 0 Å². The molecule has 38 heavy (non-hydrogen) atoms. The summed E-state index contributed by atoms with van der Waals surface area (Å²) in [5.74, 6) is -1.52. The Balaban J connectivity index is 1.40. The van der Waals surface area contributed by atoms with Gasteiger partial charge in [0.1, 0.15) is 5.82 Å². The maximum absolute atomic E-state index is 14.6. The minimum atomic E-state index is -4.59. The first-order chi connectivity index (χ1) is 18.1. The molecule has 2 aromatic carbocycles. The Hall–Kier alpha value is -4.03. The number of carbonyl (C=O) groups is 1. The number of nitrogens with two attached hydrogens (primary N) is 1.